The van der Waals surface area contributed by atoms with Gasteiger partial charge in [-0.1, -0.05) is 36.4 Å². The Hall–Kier alpha value is -2.89. The lowest BCUT2D eigenvalue weighted by Gasteiger charge is -2.22. The van der Waals surface area contributed by atoms with Crippen LogP contribution in [-0.2, 0) is 19.3 Å². The van der Waals surface area contributed by atoms with E-state index in [4.69, 9.17) is 10.7 Å². The van der Waals surface area contributed by atoms with Crippen LogP contribution in [-0.4, -0.2) is 35.6 Å². The minimum Gasteiger partial charge on any atom is -0.383 e. The molecule has 1 unspecified atom stereocenters. The number of aromatic nitrogens is 2. The van der Waals surface area contributed by atoms with Crippen molar-refractivity contribution >= 4 is 27.5 Å². The van der Waals surface area contributed by atoms with E-state index in [2.05, 4.69) is 70.3 Å². The third-order valence-electron chi connectivity index (χ3n) is 6.34. The van der Waals surface area contributed by atoms with Gasteiger partial charge in [-0.25, -0.2) is 0 Å². The molecule has 160 valence electrons. The van der Waals surface area contributed by atoms with Crippen LogP contribution in [0.1, 0.15) is 29.7 Å². The van der Waals surface area contributed by atoms with Crippen molar-refractivity contribution in [1.82, 2.24) is 15.3 Å². The minimum absolute atomic E-state index is 0.0914. The topological polar surface area (TPSA) is 78.8 Å². The Morgan fingerprint density at radius 2 is 1.77 bits per heavy atom. The summed E-state index contributed by atoms with van der Waals surface area (Å²) in [5.74, 6) is 0. The largest absolute Gasteiger partial charge is 0.383 e. The molecule has 0 radical (unpaired) electrons. The van der Waals surface area contributed by atoms with Crippen LogP contribution in [0.3, 0.4) is 0 Å². The highest BCUT2D eigenvalue weighted by Crippen LogP contribution is 2.33. The fraction of sp³-hybridized carbons (Fsp3) is 0.346. The number of benzene rings is 2. The second-order valence-electron chi connectivity index (χ2n) is 8.59. The molecule has 5 heteroatoms. The number of fused-ring (bicyclic) bond motifs is 3. The van der Waals surface area contributed by atoms with Crippen LogP contribution in [0.15, 0.2) is 54.7 Å². The molecule has 0 saturated carbocycles. The Morgan fingerprint density at radius 1 is 0.968 bits per heavy atom. The predicted octanol–water partition coefficient (Wildman–Crippen LogP) is 4.17. The van der Waals surface area contributed by atoms with E-state index < -0.39 is 0 Å². The molecule has 2 aromatic carbocycles. The van der Waals surface area contributed by atoms with Gasteiger partial charge in [0.1, 0.15) is 0 Å². The van der Waals surface area contributed by atoms with Crippen LogP contribution in [0.4, 0.5) is 5.69 Å². The summed E-state index contributed by atoms with van der Waals surface area (Å²) in [4.78, 5) is 8.26. The zero-order chi connectivity index (χ0) is 21.0. The van der Waals surface area contributed by atoms with Gasteiger partial charge < -0.3 is 21.4 Å². The molecule has 5 N–H and O–H groups in total. The number of nitrogens with two attached hydrogens (primary N) is 1. The highest BCUT2D eigenvalue weighted by Gasteiger charge is 2.17. The molecular formula is C26H31N5. The molecule has 0 amide bonds. The third-order valence-corrected chi connectivity index (χ3v) is 6.34. The Kier molecular flexibility index (Phi) is 5.87. The van der Waals surface area contributed by atoms with Gasteiger partial charge >= 0.3 is 0 Å². The molecular weight excluding hydrogens is 382 g/mol. The summed E-state index contributed by atoms with van der Waals surface area (Å²) in [5.41, 5.74) is 14.0. The first-order valence-corrected chi connectivity index (χ1v) is 11.5. The van der Waals surface area contributed by atoms with E-state index in [1.807, 2.05) is 0 Å². The molecule has 31 heavy (non-hydrogen) atoms. The normalized spacial score (nSPS) is 14.6. The second-order valence-corrected chi connectivity index (χ2v) is 8.59. The van der Waals surface area contributed by atoms with Crippen LogP contribution >= 0.6 is 0 Å². The summed E-state index contributed by atoms with van der Waals surface area (Å²) in [5, 5.41) is 9.75. The lowest BCUT2D eigenvalue weighted by molar-refractivity contribution is 0.583. The van der Waals surface area contributed by atoms with Gasteiger partial charge in [0, 0.05) is 59.5 Å². The Labute approximate surface area is 183 Å². The van der Waals surface area contributed by atoms with Gasteiger partial charge in [0.15, 0.2) is 0 Å². The van der Waals surface area contributed by atoms with Crippen molar-refractivity contribution in [3.05, 3.63) is 71.5 Å². The highest BCUT2D eigenvalue weighted by atomic mass is 15.0. The number of pyridine rings is 1. The first-order valence-electron chi connectivity index (χ1n) is 11.5. The monoisotopic (exact) mass is 413 g/mol. The van der Waals surface area contributed by atoms with Crippen molar-refractivity contribution in [1.29, 1.82) is 0 Å². The van der Waals surface area contributed by atoms with Crippen LogP contribution < -0.4 is 16.4 Å². The van der Waals surface area contributed by atoms with Crippen molar-refractivity contribution in [2.45, 2.75) is 38.1 Å². The molecule has 2 aromatic heterocycles. The van der Waals surface area contributed by atoms with Gasteiger partial charge in [-0.2, -0.15) is 0 Å². The summed E-state index contributed by atoms with van der Waals surface area (Å²) in [6.07, 6.45) is 7.67. The SMILES string of the molecule is NC(CNCCNc1c2c(nc3ccccc13)CCCC2)Cc1c[nH]c2ccccc12. The molecule has 0 spiro atoms. The molecule has 1 aliphatic rings. The van der Waals surface area contributed by atoms with Crippen LogP contribution in [0.25, 0.3) is 21.8 Å². The van der Waals surface area contributed by atoms with Crippen LogP contribution in [0.2, 0.25) is 0 Å². The number of nitrogens with zero attached hydrogens (tertiary/aromatic N) is 1. The van der Waals surface area contributed by atoms with Crippen molar-refractivity contribution in [3.63, 3.8) is 0 Å². The third kappa shape index (κ3) is 4.29. The Morgan fingerprint density at radius 3 is 2.71 bits per heavy atom. The first kappa shape index (κ1) is 20.0. The Balaban J connectivity index is 1.17. The predicted molar refractivity (Wildman–Crippen MR) is 130 cm³/mol. The van der Waals surface area contributed by atoms with E-state index in [1.54, 1.807) is 0 Å². The van der Waals surface area contributed by atoms with Gasteiger partial charge in [0.2, 0.25) is 0 Å². The van der Waals surface area contributed by atoms with Gasteiger partial charge in [-0.15, -0.1) is 0 Å². The number of nitrogens with one attached hydrogen (secondary N) is 3. The molecule has 0 aliphatic heterocycles. The first-order chi connectivity index (χ1) is 15.3. The highest BCUT2D eigenvalue weighted by molar-refractivity contribution is 5.93. The molecule has 1 aliphatic carbocycles. The van der Waals surface area contributed by atoms with E-state index in [1.165, 1.54) is 51.6 Å². The molecule has 4 aromatic rings. The number of hydrogen-bond acceptors (Lipinski definition) is 4. The number of anilines is 1. The molecule has 0 fully saturated rings. The molecule has 2 heterocycles. The van der Waals surface area contributed by atoms with Crippen LogP contribution in [0.5, 0.6) is 0 Å². The number of aromatic amines is 1. The molecule has 5 nitrogen and oxygen atoms in total. The summed E-state index contributed by atoms with van der Waals surface area (Å²) < 4.78 is 0. The number of para-hydroxylation sites is 2. The molecule has 0 bridgehead atoms. The van der Waals surface area contributed by atoms with E-state index in [0.717, 1.165) is 44.4 Å². The maximum atomic E-state index is 6.41. The van der Waals surface area contributed by atoms with Gasteiger partial charge in [0.25, 0.3) is 0 Å². The standard InChI is InChI=1S/C26H31N5/c27-19(15-18-16-30-23-10-4-1-7-20(18)23)17-28-13-14-29-26-21-8-2-5-11-24(21)31-25-12-6-3-9-22(25)26/h1-2,4-5,7-8,10-11,16,19,28,30H,3,6,9,12-15,17,27H2,(H,29,31). The maximum absolute atomic E-state index is 6.41. The number of rotatable bonds is 8. The number of aryl methyl sites for hydroxylation is 1. The minimum atomic E-state index is 0.0914. The summed E-state index contributed by atoms with van der Waals surface area (Å²) in [7, 11) is 0. The van der Waals surface area contributed by atoms with Crippen molar-refractivity contribution in [3.8, 4) is 0 Å². The molecule has 1 atom stereocenters. The fourth-order valence-corrected chi connectivity index (χ4v) is 4.79. The maximum Gasteiger partial charge on any atom is 0.0726 e. The fourth-order valence-electron chi connectivity index (χ4n) is 4.79. The van der Waals surface area contributed by atoms with E-state index in [9.17, 15) is 0 Å². The zero-order valence-corrected chi connectivity index (χ0v) is 18.0. The van der Waals surface area contributed by atoms with Crippen molar-refractivity contribution < 1.29 is 0 Å². The second kappa shape index (κ2) is 9.08. The van der Waals surface area contributed by atoms with Gasteiger partial charge in [-0.3, -0.25) is 4.98 Å². The zero-order valence-electron chi connectivity index (χ0n) is 18.0. The van der Waals surface area contributed by atoms with Crippen LogP contribution in [0, 0.1) is 0 Å². The number of H-pyrrole nitrogens is 1. The average molecular weight is 414 g/mol. The van der Waals surface area contributed by atoms with Gasteiger partial charge in [0.05, 0.1) is 5.52 Å². The smallest absolute Gasteiger partial charge is 0.0726 e. The number of hydrogen-bond donors (Lipinski definition) is 4. The quantitative estimate of drug-likeness (QED) is 0.327. The van der Waals surface area contributed by atoms with Crippen molar-refractivity contribution in [2.24, 2.45) is 5.73 Å². The lowest BCUT2D eigenvalue weighted by atomic mass is 9.92. The van der Waals surface area contributed by atoms with E-state index >= 15 is 0 Å². The lowest BCUT2D eigenvalue weighted by Crippen LogP contribution is -2.37. The van der Waals surface area contributed by atoms with E-state index in [0.29, 0.717) is 0 Å². The van der Waals surface area contributed by atoms with Gasteiger partial charge in [-0.05, 0) is 55.4 Å². The van der Waals surface area contributed by atoms with E-state index in [-0.39, 0.29) is 6.04 Å². The summed E-state index contributed by atoms with van der Waals surface area (Å²) >= 11 is 0. The van der Waals surface area contributed by atoms with Crippen molar-refractivity contribution in [2.75, 3.05) is 25.0 Å². The average Bonchev–Trinajstić information content (AvgIpc) is 3.21. The molecule has 5 rings (SSSR count). The Bertz CT molecular complexity index is 1180. The summed E-state index contributed by atoms with van der Waals surface area (Å²) in [6, 6.07) is 17.0. The molecule has 0 saturated heterocycles. The summed E-state index contributed by atoms with van der Waals surface area (Å²) in [6.45, 7) is 2.56.